The predicted octanol–water partition coefficient (Wildman–Crippen LogP) is 2.38. The topological polar surface area (TPSA) is 81.6 Å². The highest BCUT2D eigenvalue weighted by atomic mass is 32.2. The minimum Gasteiger partial charge on any atom is -0.301 e. The lowest BCUT2D eigenvalue weighted by Gasteiger charge is -2.23. The van der Waals surface area contributed by atoms with Gasteiger partial charge in [-0.05, 0) is 46.0 Å². The Morgan fingerprint density at radius 2 is 2.33 bits per heavy atom. The van der Waals surface area contributed by atoms with Crippen LogP contribution in [0.4, 0.5) is 0 Å². The molecule has 0 aliphatic heterocycles. The van der Waals surface area contributed by atoms with E-state index in [0.29, 0.717) is 11.2 Å². The summed E-state index contributed by atoms with van der Waals surface area (Å²) in [5.74, 6) is 0.900. The summed E-state index contributed by atoms with van der Waals surface area (Å²) in [5, 5.41) is 13.4. The van der Waals surface area contributed by atoms with Crippen LogP contribution in [0.25, 0.3) is 0 Å². The number of hydrogen-bond donors (Lipinski definition) is 2. The fourth-order valence-corrected chi connectivity index (χ4v) is 3.13. The molecule has 0 amide bonds. The standard InChI is InChI=1S/C15H22N4OS/c1-11-9-13(20)18-14(17-11)21-8-4-3-7-15(2,10-16)19-12-5-6-12/h9,12,19H,3-8H2,1-2H3,(H,17,18,20). The van der Waals surface area contributed by atoms with Gasteiger partial charge in [0.15, 0.2) is 5.16 Å². The summed E-state index contributed by atoms with van der Waals surface area (Å²) in [7, 11) is 0. The molecule has 6 heteroatoms. The van der Waals surface area contributed by atoms with Gasteiger partial charge in [-0.2, -0.15) is 5.26 Å². The van der Waals surface area contributed by atoms with Gasteiger partial charge in [0.2, 0.25) is 0 Å². The Balaban J connectivity index is 1.69. The van der Waals surface area contributed by atoms with Crippen molar-refractivity contribution in [3.8, 4) is 6.07 Å². The van der Waals surface area contributed by atoms with Crippen LogP contribution >= 0.6 is 11.8 Å². The first-order valence-electron chi connectivity index (χ1n) is 7.40. The number of aromatic nitrogens is 2. The van der Waals surface area contributed by atoms with Gasteiger partial charge in [-0.3, -0.25) is 10.1 Å². The largest absolute Gasteiger partial charge is 0.301 e. The molecule has 1 aliphatic carbocycles. The molecule has 0 bridgehead atoms. The summed E-state index contributed by atoms with van der Waals surface area (Å²) >= 11 is 1.56. The van der Waals surface area contributed by atoms with Gasteiger partial charge in [0.1, 0.15) is 5.54 Å². The van der Waals surface area contributed by atoms with Gasteiger partial charge in [-0.25, -0.2) is 4.98 Å². The van der Waals surface area contributed by atoms with Crippen molar-refractivity contribution in [2.24, 2.45) is 0 Å². The fraction of sp³-hybridized carbons (Fsp3) is 0.667. The highest BCUT2D eigenvalue weighted by molar-refractivity contribution is 7.99. The second kappa shape index (κ2) is 7.10. The SMILES string of the molecule is Cc1cc(=O)[nH]c(SCCCCC(C)(C#N)NC2CC2)n1. The molecule has 1 fully saturated rings. The number of aryl methyl sites for hydroxylation is 1. The first-order valence-corrected chi connectivity index (χ1v) is 8.39. The first-order chi connectivity index (χ1) is 10.0. The van der Waals surface area contributed by atoms with E-state index in [1.807, 2.05) is 13.8 Å². The maximum atomic E-state index is 11.3. The van der Waals surface area contributed by atoms with Gasteiger partial charge in [-0.1, -0.05) is 11.8 Å². The van der Waals surface area contributed by atoms with E-state index in [9.17, 15) is 10.1 Å². The van der Waals surface area contributed by atoms with Crippen molar-refractivity contribution >= 4 is 11.8 Å². The van der Waals surface area contributed by atoms with E-state index in [2.05, 4.69) is 21.4 Å². The van der Waals surface area contributed by atoms with Crippen molar-refractivity contribution in [3.05, 3.63) is 22.1 Å². The van der Waals surface area contributed by atoms with Crippen LogP contribution in [-0.4, -0.2) is 27.3 Å². The third kappa shape index (κ3) is 5.52. The number of thioether (sulfide) groups is 1. The average Bonchev–Trinajstić information content (AvgIpc) is 3.21. The van der Waals surface area contributed by atoms with E-state index in [1.165, 1.54) is 18.9 Å². The van der Waals surface area contributed by atoms with Crippen molar-refractivity contribution in [1.29, 1.82) is 5.26 Å². The highest BCUT2D eigenvalue weighted by Crippen LogP contribution is 2.25. The maximum Gasteiger partial charge on any atom is 0.251 e. The molecule has 0 spiro atoms. The van der Waals surface area contributed by atoms with Crippen molar-refractivity contribution in [2.75, 3.05) is 5.75 Å². The third-order valence-electron chi connectivity index (χ3n) is 3.50. The zero-order valence-electron chi connectivity index (χ0n) is 12.6. The first kappa shape index (κ1) is 16.1. The fourth-order valence-electron chi connectivity index (χ4n) is 2.21. The molecule has 1 atom stereocenters. The minimum absolute atomic E-state index is 0.101. The molecule has 2 rings (SSSR count). The maximum absolute atomic E-state index is 11.3. The Kier molecular flexibility index (Phi) is 5.43. The van der Waals surface area contributed by atoms with E-state index in [4.69, 9.17) is 0 Å². The van der Waals surface area contributed by atoms with Crippen LogP contribution < -0.4 is 10.9 Å². The van der Waals surface area contributed by atoms with Crippen LogP contribution in [0.15, 0.2) is 16.0 Å². The molecule has 1 saturated carbocycles. The van der Waals surface area contributed by atoms with Gasteiger partial charge < -0.3 is 4.98 Å². The number of aromatic amines is 1. The zero-order valence-corrected chi connectivity index (χ0v) is 13.4. The number of unbranched alkanes of at least 4 members (excludes halogenated alkanes) is 1. The van der Waals surface area contributed by atoms with Crippen LogP contribution in [0.2, 0.25) is 0 Å². The number of H-pyrrole nitrogens is 1. The van der Waals surface area contributed by atoms with Crippen molar-refractivity contribution in [3.63, 3.8) is 0 Å². The van der Waals surface area contributed by atoms with Crippen LogP contribution in [-0.2, 0) is 0 Å². The van der Waals surface area contributed by atoms with Crippen molar-refractivity contribution in [2.45, 2.75) is 62.7 Å². The molecule has 2 N–H and O–H groups in total. The Morgan fingerprint density at radius 1 is 1.57 bits per heavy atom. The number of nitriles is 1. The molecule has 5 nitrogen and oxygen atoms in total. The van der Waals surface area contributed by atoms with E-state index in [-0.39, 0.29) is 5.56 Å². The molecule has 1 heterocycles. The molecule has 1 unspecified atom stereocenters. The molecule has 0 radical (unpaired) electrons. The summed E-state index contributed by atoms with van der Waals surface area (Å²) in [4.78, 5) is 18.3. The minimum atomic E-state index is -0.401. The summed E-state index contributed by atoms with van der Waals surface area (Å²) < 4.78 is 0. The molecule has 1 aliphatic rings. The molecule has 21 heavy (non-hydrogen) atoms. The van der Waals surface area contributed by atoms with Gasteiger partial charge in [0.25, 0.3) is 5.56 Å². The zero-order chi connectivity index (χ0) is 15.3. The highest BCUT2D eigenvalue weighted by Gasteiger charge is 2.31. The summed E-state index contributed by atoms with van der Waals surface area (Å²) in [6, 6.07) is 4.43. The number of nitrogens with one attached hydrogen (secondary N) is 2. The van der Waals surface area contributed by atoms with Crippen LogP contribution in [0.3, 0.4) is 0 Å². The second-order valence-corrected chi connectivity index (χ2v) is 6.94. The lowest BCUT2D eigenvalue weighted by atomic mass is 9.96. The van der Waals surface area contributed by atoms with E-state index < -0.39 is 5.54 Å². The van der Waals surface area contributed by atoms with Crippen LogP contribution in [0.1, 0.15) is 44.7 Å². The number of rotatable bonds is 8. The molecule has 1 aromatic heterocycles. The number of nitrogens with zero attached hydrogens (tertiary/aromatic N) is 2. The Hall–Kier alpha value is -1.32. The molecule has 1 aromatic rings. The van der Waals surface area contributed by atoms with Gasteiger partial charge in [0, 0.05) is 23.6 Å². The van der Waals surface area contributed by atoms with Crippen molar-refractivity contribution in [1.82, 2.24) is 15.3 Å². The predicted molar refractivity (Wildman–Crippen MR) is 84.3 cm³/mol. The Labute approximate surface area is 129 Å². The monoisotopic (exact) mass is 306 g/mol. The molecule has 114 valence electrons. The lowest BCUT2D eigenvalue weighted by molar-refractivity contribution is 0.402. The second-order valence-electron chi connectivity index (χ2n) is 5.86. The summed E-state index contributed by atoms with van der Waals surface area (Å²) in [5.41, 5.74) is 0.240. The quantitative estimate of drug-likeness (QED) is 0.438. The van der Waals surface area contributed by atoms with Gasteiger partial charge >= 0.3 is 0 Å². The molecule has 0 saturated heterocycles. The third-order valence-corrected chi connectivity index (χ3v) is 4.46. The van der Waals surface area contributed by atoms with Crippen LogP contribution in [0.5, 0.6) is 0 Å². The lowest BCUT2D eigenvalue weighted by Crippen LogP contribution is -2.42. The number of hydrogen-bond acceptors (Lipinski definition) is 5. The molecular formula is C15H22N4OS. The van der Waals surface area contributed by atoms with Crippen molar-refractivity contribution < 1.29 is 0 Å². The summed E-state index contributed by atoms with van der Waals surface area (Å²) in [6.07, 6.45) is 5.25. The van der Waals surface area contributed by atoms with E-state index >= 15 is 0 Å². The summed E-state index contributed by atoms with van der Waals surface area (Å²) in [6.45, 7) is 3.80. The smallest absolute Gasteiger partial charge is 0.251 e. The Bertz CT molecular complexity index is 576. The van der Waals surface area contributed by atoms with E-state index in [1.54, 1.807) is 11.8 Å². The van der Waals surface area contributed by atoms with Crippen LogP contribution in [0, 0.1) is 18.3 Å². The van der Waals surface area contributed by atoms with E-state index in [0.717, 1.165) is 30.7 Å². The van der Waals surface area contributed by atoms with Gasteiger partial charge in [0.05, 0.1) is 6.07 Å². The Morgan fingerprint density at radius 3 is 2.95 bits per heavy atom. The molecular weight excluding hydrogens is 284 g/mol. The molecule has 0 aromatic carbocycles. The average molecular weight is 306 g/mol. The van der Waals surface area contributed by atoms with Gasteiger partial charge in [-0.15, -0.1) is 0 Å². The normalized spacial score (nSPS) is 17.2.